The fourth-order valence-electron chi connectivity index (χ4n) is 1.18. The summed E-state index contributed by atoms with van der Waals surface area (Å²) in [6, 6.07) is 8.34. The van der Waals surface area contributed by atoms with Gasteiger partial charge in [0.1, 0.15) is 0 Å². The Morgan fingerprint density at radius 1 is 1.14 bits per heavy atom. The average molecular weight is 204 g/mol. The van der Waals surface area contributed by atoms with Crippen LogP contribution in [0.5, 0.6) is 0 Å². The molecule has 78 valence electrons. The van der Waals surface area contributed by atoms with E-state index in [1.165, 1.54) is 0 Å². The van der Waals surface area contributed by atoms with Crippen LogP contribution >= 0.6 is 0 Å². The molecule has 0 amide bonds. The molecule has 0 unspecified atom stereocenters. The maximum atomic E-state index is 12.2. The van der Waals surface area contributed by atoms with Crippen molar-refractivity contribution >= 4 is 0 Å². The van der Waals surface area contributed by atoms with Crippen molar-refractivity contribution in [2.75, 3.05) is 6.61 Å². The van der Waals surface area contributed by atoms with Crippen LogP contribution in [0, 0.1) is 5.92 Å². The molecular weight excluding hydrogens is 193 g/mol. The monoisotopic (exact) mass is 204 g/mol. The Morgan fingerprint density at radius 2 is 1.71 bits per heavy atom. The summed E-state index contributed by atoms with van der Waals surface area (Å²) in [6.45, 7) is -0.863. The van der Waals surface area contributed by atoms with Gasteiger partial charge in [-0.1, -0.05) is 30.3 Å². The standard InChI is InChI=1S/C10H11F3O/c11-10(12,13)9(7-14)6-8-4-2-1-3-5-8/h1-5,9,14H,6-7H2/t9-/m0/s1. The lowest BCUT2D eigenvalue weighted by atomic mass is 10.00. The summed E-state index contributed by atoms with van der Waals surface area (Å²) in [5, 5.41) is 8.60. The first-order chi connectivity index (χ1) is 6.54. The maximum Gasteiger partial charge on any atom is 0.394 e. The topological polar surface area (TPSA) is 20.2 Å². The van der Waals surface area contributed by atoms with Gasteiger partial charge in [-0.2, -0.15) is 13.2 Å². The van der Waals surface area contributed by atoms with Crippen molar-refractivity contribution < 1.29 is 18.3 Å². The summed E-state index contributed by atoms with van der Waals surface area (Å²) < 4.78 is 36.7. The zero-order valence-corrected chi connectivity index (χ0v) is 7.46. The summed E-state index contributed by atoms with van der Waals surface area (Å²) >= 11 is 0. The van der Waals surface area contributed by atoms with Crippen LogP contribution in [0.25, 0.3) is 0 Å². The van der Waals surface area contributed by atoms with Gasteiger partial charge in [0, 0.05) is 0 Å². The zero-order chi connectivity index (χ0) is 10.6. The minimum atomic E-state index is -4.33. The molecule has 0 radical (unpaired) electrons. The number of aliphatic hydroxyl groups is 1. The minimum Gasteiger partial charge on any atom is -0.396 e. The molecule has 0 aliphatic heterocycles. The van der Waals surface area contributed by atoms with E-state index in [9.17, 15) is 13.2 Å². The maximum absolute atomic E-state index is 12.2. The molecule has 0 fully saturated rings. The van der Waals surface area contributed by atoms with Gasteiger partial charge in [0.2, 0.25) is 0 Å². The fourth-order valence-corrected chi connectivity index (χ4v) is 1.18. The van der Waals surface area contributed by atoms with Crippen LogP contribution in [0.3, 0.4) is 0 Å². The SMILES string of the molecule is OC[C@H](Cc1ccccc1)C(F)(F)F. The Labute approximate surface area is 80.2 Å². The molecule has 1 nitrogen and oxygen atoms in total. The van der Waals surface area contributed by atoms with Crippen LogP contribution in [-0.4, -0.2) is 17.9 Å². The van der Waals surface area contributed by atoms with E-state index >= 15 is 0 Å². The molecule has 4 heteroatoms. The molecule has 0 spiro atoms. The van der Waals surface area contributed by atoms with E-state index in [2.05, 4.69) is 0 Å². The average Bonchev–Trinajstić information content (AvgIpc) is 2.14. The zero-order valence-electron chi connectivity index (χ0n) is 7.46. The first-order valence-electron chi connectivity index (χ1n) is 4.25. The van der Waals surface area contributed by atoms with Gasteiger partial charge in [0.05, 0.1) is 12.5 Å². The molecule has 0 saturated heterocycles. The van der Waals surface area contributed by atoms with E-state index < -0.39 is 18.7 Å². The molecule has 0 aliphatic rings. The van der Waals surface area contributed by atoms with Gasteiger partial charge in [-0.05, 0) is 12.0 Å². The van der Waals surface area contributed by atoms with Gasteiger partial charge in [-0.25, -0.2) is 0 Å². The van der Waals surface area contributed by atoms with Crippen LogP contribution in [0.1, 0.15) is 5.56 Å². The molecule has 1 rings (SSSR count). The van der Waals surface area contributed by atoms with E-state index in [4.69, 9.17) is 5.11 Å². The summed E-state index contributed by atoms with van der Waals surface area (Å²) in [5.41, 5.74) is 0.587. The number of benzene rings is 1. The number of halogens is 3. The Kier molecular flexibility index (Phi) is 3.52. The molecular formula is C10H11F3O. The normalized spacial score (nSPS) is 14.0. The van der Waals surface area contributed by atoms with Gasteiger partial charge in [0.25, 0.3) is 0 Å². The molecule has 1 aromatic carbocycles. The number of aliphatic hydroxyl groups excluding tert-OH is 1. The van der Waals surface area contributed by atoms with Gasteiger partial charge in [-0.15, -0.1) is 0 Å². The number of hydrogen-bond acceptors (Lipinski definition) is 1. The van der Waals surface area contributed by atoms with Crippen molar-refractivity contribution in [1.82, 2.24) is 0 Å². The predicted octanol–water partition coefficient (Wildman–Crippen LogP) is 2.40. The molecule has 1 N–H and O–H groups in total. The molecule has 1 atom stereocenters. The molecule has 0 aromatic heterocycles. The molecule has 0 saturated carbocycles. The first kappa shape index (κ1) is 11.0. The summed E-state index contributed by atoms with van der Waals surface area (Å²) in [7, 11) is 0. The first-order valence-corrected chi connectivity index (χ1v) is 4.25. The van der Waals surface area contributed by atoms with Gasteiger partial charge in [-0.3, -0.25) is 0 Å². The van der Waals surface area contributed by atoms with Gasteiger partial charge >= 0.3 is 6.18 Å². The second-order valence-electron chi connectivity index (χ2n) is 3.11. The van der Waals surface area contributed by atoms with Crippen LogP contribution in [-0.2, 0) is 6.42 Å². The summed E-state index contributed by atoms with van der Waals surface area (Å²) in [6.07, 6.45) is -4.49. The lowest BCUT2D eigenvalue weighted by Gasteiger charge is -2.17. The highest BCUT2D eigenvalue weighted by atomic mass is 19.4. The van der Waals surface area contributed by atoms with E-state index in [0.29, 0.717) is 5.56 Å². The smallest absolute Gasteiger partial charge is 0.394 e. The van der Waals surface area contributed by atoms with Crippen LogP contribution in [0.2, 0.25) is 0 Å². The van der Waals surface area contributed by atoms with Crippen molar-refractivity contribution in [3.05, 3.63) is 35.9 Å². The predicted molar refractivity (Wildman–Crippen MR) is 46.8 cm³/mol. The van der Waals surface area contributed by atoms with E-state index in [0.717, 1.165) is 0 Å². The van der Waals surface area contributed by atoms with E-state index in [1.807, 2.05) is 0 Å². The summed E-state index contributed by atoms with van der Waals surface area (Å²) in [4.78, 5) is 0. The molecule has 14 heavy (non-hydrogen) atoms. The molecule has 0 aliphatic carbocycles. The summed E-state index contributed by atoms with van der Waals surface area (Å²) in [5.74, 6) is -1.66. The van der Waals surface area contributed by atoms with Crippen molar-refractivity contribution in [3.8, 4) is 0 Å². The van der Waals surface area contributed by atoms with Crippen molar-refractivity contribution in [2.24, 2.45) is 5.92 Å². The van der Waals surface area contributed by atoms with Gasteiger partial charge in [0.15, 0.2) is 0 Å². The van der Waals surface area contributed by atoms with Crippen LogP contribution < -0.4 is 0 Å². The van der Waals surface area contributed by atoms with E-state index in [1.54, 1.807) is 30.3 Å². The lowest BCUT2D eigenvalue weighted by Crippen LogP contribution is -2.28. The third kappa shape index (κ3) is 3.03. The number of rotatable bonds is 3. The highest BCUT2D eigenvalue weighted by Crippen LogP contribution is 2.28. The van der Waals surface area contributed by atoms with Crippen molar-refractivity contribution in [1.29, 1.82) is 0 Å². The fraction of sp³-hybridized carbons (Fsp3) is 0.400. The minimum absolute atomic E-state index is 0.166. The Morgan fingerprint density at radius 3 is 2.14 bits per heavy atom. The van der Waals surface area contributed by atoms with Gasteiger partial charge < -0.3 is 5.11 Å². The third-order valence-electron chi connectivity index (χ3n) is 2.01. The third-order valence-corrected chi connectivity index (χ3v) is 2.01. The molecule has 0 bridgehead atoms. The van der Waals surface area contributed by atoms with Crippen molar-refractivity contribution in [2.45, 2.75) is 12.6 Å². The number of alkyl halides is 3. The molecule has 1 aromatic rings. The second kappa shape index (κ2) is 4.46. The Bertz CT molecular complexity index is 268. The van der Waals surface area contributed by atoms with Crippen LogP contribution in [0.15, 0.2) is 30.3 Å². The second-order valence-corrected chi connectivity index (χ2v) is 3.11. The Hall–Kier alpha value is -1.03. The number of hydrogen-bond donors (Lipinski definition) is 1. The lowest BCUT2D eigenvalue weighted by molar-refractivity contribution is -0.183. The Balaban J connectivity index is 2.67. The highest BCUT2D eigenvalue weighted by Gasteiger charge is 2.38. The quantitative estimate of drug-likeness (QED) is 0.801. The van der Waals surface area contributed by atoms with Crippen molar-refractivity contribution in [3.63, 3.8) is 0 Å². The largest absolute Gasteiger partial charge is 0.396 e. The highest BCUT2D eigenvalue weighted by molar-refractivity contribution is 5.15. The van der Waals surface area contributed by atoms with Crippen LogP contribution in [0.4, 0.5) is 13.2 Å². The van der Waals surface area contributed by atoms with E-state index in [-0.39, 0.29) is 6.42 Å². The molecule has 0 heterocycles.